The topological polar surface area (TPSA) is 81.4 Å². The maximum Gasteiger partial charge on any atom is 0.180 e. The molecule has 1 N–H and O–H groups in total. The van der Waals surface area contributed by atoms with Crippen molar-refractivity contribution in [1.82, 2.24) is 9.71 Å². The van der Waals surface area contributed by atoms with Crippen molar-refractivity contribution in [3.05, 3.63) is 42.2 Å². The van der Waals surface area contributed by atoms with E-state index in [-0.39, 0.29) is 11.0 Å². The normalized spacial score (nSPS) is 19.8. The molecule has 0 spiro atoms. The Labute approximate surface area is 184 Å². The van der Waals surface area contributed by atoms with Gasteiger partial charge in [-0.25, -0.2) is 13.4 Å². The summed E-state index contributed by atoms with van der Waals surface area (Å²) in [6.07, 6.45) is 5.99. The number of hydrogen-bond donors (Lipinski definition) is 1. The van der Waals surface area contributed by atoms with Gasteiger partial charge in [-0.2, -0.15) is 4.73 Å². The molecule has 0 amide bonds. The van der Waals surface area contributed by atoms with Gasteiger partial charge in [0.2, 0.25) is 0 Å². The number of hydrogen-bond acceptors (Lipinski definition) is 5. The van der Waals surface area contributed by atoms with Crippen molar-refractivity contribution in [1.29, 1.82) is 0 Å². The Bertz CT molecular complexity index is 1160. The second kappa shape index (κ2) is 8.19. The van der Waals surface area contributed by atoms with Gasteiger partial charge in [-0.3, -0.25) is 0 Å². The molecule has 166 valence electrons. The Morgan fingerprint density at radius 2 is 1.77 bits per heavy atom. The lowest BCUT2D eigenvalue weighted by molar-refractivity contribution is 0.136. The van der Waals surface area contributed by atoms with Crippen molar-refractivity contribution in [2.45, 2.75) is 69.6 Å². The fraction of sp³-hybridized carbons (Fsp3) is 0.458. The number of ether oxygens (including phenoxy) is 1. The summed E-state index contributed by atoms with van der Waals surface area (Å²) < 4.78 is 33.3. The minimum atomic E-state index is -3.45. The van der Waals surface area contributed by atoms with Crippen LogP contribution < -0.4 is 4.74 Å². The van der Waals surface area contributed by atoms with Gasteiger partial charge in [0.25, 0.3) is 0 Å². The fourth-order valence-corrected chi connectivity index (χ4v) is 5.33. The SMILES string of the molecule is Cc1cc(-c2cc(S(=O)(=O)C(C)C)ccc2OC2CCC(C)CC2)c2ccnc-2n1O. The van der Waals surface area contributed by atoms with Crippen LogP contribution >= 0.6 is 0 Å². The Morgan fingerprint density at radius 1 is 1.06 bits per heavy atom. The lowest BCUT2D eigenvalue weighted by Gasteiger charge is -2.28. The van der Waals surface area contributed by atoms with Gasteiger partial charge >= 0.3 is 0 Å². The number of rotatable bonds is 5. The van der Waals surface area contributed by atoms with Gasteiger partial charge in [-0.1, -0.05) is 6.92 Å². The molecule has 0 aromatic heterocycles. The van der Waals surface area contributed by atoms with Crippen LogP contribution in [0.5, 0.6) is 5.75 Å². The van der Waals surface area contributed by atoms with E-state index in [2.05, 4.69) is 11.9 Å². The number of fused-ring (bicyclic) bond motifs is 1. The summed E-state index contributed by atoms with van der Waals surface area (Å²) in [6.45, 7) is 7.42. The van der Waals surface area contributed by atoms with Crippen LogP contribution in [0.15, 0.2) is 41.4 Å². The highest BCUT2D eigenvalue weighted by Gasteiger charge is 2.26. The third-order valence-electron chi connectivity index (χ3n) is 6.30. The van der Waals surface area contributed by atoms with E-state index >= 15 is 0 Å². The van der Waals surface area contributed by atoms with E-state index in [1.54, 1.807) is 45.2 Å². The summed E-state index contributed by atoms with van der Waals surface area (Å²) in [7, 11) is -3.45. The molecule has 4 rings (SSSR count). The molecule has 1 aromatic carbocycles. The van der Waals surface area contributed by atoms with Gasteiger partial charge in [0, 0.05) is 17.3 Å². The first kappa shape index (κ1) is 21.7. The van der Waals surface area contributed by atoms with Crippen LogP contribution in [0.2, 0.25) is 0 Å². The lowest BCUT2D eigenvalue weighted by Crippen LogP contribution is -2.23. The Balaban J connectivity index is 1.86. The number of pyridine rings is 1. The molecule has 0 unspecified atom stereocenters. The minimum Gasteiger partial charge on any atom is -0.490 e. The van der Waals surface area contributed by atoms with E-state index in [9.17, 15) is 13.6 Å². The van der Waals surface area contributed by atoms with Crippen LogP contribution in [0.25, 0.3) is 22.5 Å². The van der Waals surface area contributed by atoms with Crippen LogP contribution in [0.3, 0.4) is 0 Å². The highest BCUT2D eigenvalue weighted by molar-refractivity contribution is 7.92. The number of sulfone groups is 1. The van der Waals surface area contributed by atoms with Crippen molar-refractivity contribution >= 4 is 9.84 Å². The zero-order valence-electron chi connectivity index (χ0n) is 18.5. The van der Waals surface area contributed by atoms with Crippen LogP contribution in [-0.4, -0.2) is 34.7 Å². The predicted octanol–water partition coefficient (Wildman–Crippen LogP) is 5.34. The predicted molar refractivity (Wildman–Crippen MR) is 121 cm³/mol. The summed E-state index contributed by atoms with van der Waals surface area (Å²) >= 11 is 0. The minimum absolute atomic E-state index is 0.114. The molecule has 0 radical (unpaired) electrons. The summed E-state index contributed by atoms with van der Waals surface area (Å²) in [4.78, 5) is 4.54. The van der Waals surface area contributed by atoms with E-state index in [0.717, 1.165) is 41.5 Å². The van der Waals surface area contributed by atoms with Gasteiger partial charge in [0.1, 0.15) is 5.75 Å². The van der Waals surface area contributed by atoms with E-state index in [0.29, 0.717) is 28.7 Å². The second-order valence-corrected chi connectivity index (χ2v) is 11.4. The van der Waals surface area contributed by atoms with Crippen LogP contribution in [0.1, 0.15) is 52.1 Å². The van der Waals surface area contributed by atoms with Crippen LogP contribution in [0, 0.1) is 12.8 Å². The first-order valence-corrected chi connectivity index (χ1v) is 12.4. The molecular formula is C24H30N2O4S. The number of benzene rings is 1. The molecule has 1 aliphatic carbocycles. The van der Waals surface area contributed by atoms with E-state index in [1.165, 1.54) is 0 Å². The molecule has 0 saturated heterocycles. The summed E-state index contributed by atoms with van der Waals surface area (Å²) in [5, 5.41) is 9.83. The number of nitrogens with zero attached hydrogens (tertiary/aromatic N) is 2. The number of aromatic nitrogens is 2. The summed E-state index contributed by atoms with van der Waals surface area (Å²) in [5.74, 6) is 1.81. The van der Waals surface area contributed by atoms with Crippen LogP contribution in [0.4, 0.5) is 0 Å². The van der Waals surface area contributed by atoms with Crippen molar-refractivity contribution in [2.24, 2.45) is 5.92 Å². The zero-order valence-corrected chi connectivity index (χ0v) is 19.3. The average Bonchev–Trinajstić information content (AvgIpc) is 3.23. The van der Waals surface area contributed by atoms with Gasteiger partial charge in [0.15, 0.2) is 15.7 Å². The van der Waals surface area contributed by atoms with Gasteiger partial charge in [-0.05, 0) is 88.3 Å². The molecule has 2 aliphatic heterocycles. The first-order chi connectivity index (χ1) is 14.7. The maximum absolute atomic E-state index is 12.9. The van der Waals surface area contributed by atoms with Crippen molar-refractivity contribution in [3.63, 3.8) is 0 Å². The third kappa shape index (κ3) is 4.03. The molecule has 0 atom stereocenters. The average molecular weight is 443 g/mol. The number of aryl methyl sites for hydroxylation is 1. The Morgan fingerprint density at radius 3 is 2.45 bits per heavy atom. The summed E-state index contributed by atoms with van der Waals surface area (Å²) in [6, 6.07) is 8.80. The maximum atomic E-state index is 12.9. The second-order valence-electron chi connectivity index (χ2n) is 8.94. The molecule has 2 heterocycles. The standard InChI is InChI=1S/C24H30N2O4S/c1-15(2)31(28,29)19-9-10-23(30-18-7-5-16(3)6-8-18)22(14-19)21-13-17(4)26(27)24-20(21)11-12-25-24/h9-16,18,27H,5-8H2,1-4H3. The van der Waals surface area contributed by atoms with Gasteiger partial charge in [0.05, 0.1) is 21.9 Å². The molecule has 6 nitrogen and oxygen atoms in total. The molecule has 0 bridgehead atoms. The van der Waals surface area contributed by atoms with E-state index in [4.69, 9.17) is 4.74 Å². The third-order valence-corrected chi connectivity index (χ3v) is 8.46. The molecule has 7 heteroatoms. The largest absolute Gasteiger partial charge is 0.490 e. The molecule has 31 heavy (non-hydrogen) atoms. The van der Waals surface area contributed by atoms with Crippen LogP contribution in [-0.2, 0) is 9.84 Å². The molecule has 1 aromatic rings. The quantitative estimate of drug-likeness (QED) is 0.539. The Kier molecular flexibility index (Phi) is 5.73. The molecular weight excluding hydrogens is 412 g/mol. The highest BCUT2D eigenvalue weighted by Crippen LogP contribution is 2.41. The van der Waals surface area contributed by atoms with E-state index < -0.39 is 15.1 Å². The van der Waals surface area contributed by atoms with Gasteiger partial charge < -0.3 is 9.94 Å². The highest BCUT2D eigenvalue weighted by atomic mass is 32.2. The molecule has 1 saturated carbocycles. The monoisotopic (exact) mass is 442 g/mol. The van der Waals surface area contributed by atoms with Crippen molar-refractivity contribution < 1.29 is 18.4 Å². The first-order valence-electron chi connectivity index (χ1n) is 10.9. The van der Waals surface area contributed by atoms with E-state index in [1.807, 2.05) is 12.1 Å². The Hall–Kier alpha value is -2.54. The van der Waals surface area contributed by atoms with Crippen molar-refractivity contribution in [2.75, 3.05) is 0 Å². The van der Waals surface area contributed by atoms with Gasteiger partial charge in [-0.15, -0.1) is 0 Å². The van der Waals surface area contributed by atoms with Crippen molar-refractivity contribution in [3.8, 4) is 28.3 Å². The lowest BCUT2D eigenvalue weighted by atomic mass is 9.89. The smallest absolute Gasteiger partial charge is 0.180 e. The molecule has 3 aliphatic rings. The fourth-order valence-electron chi connectivity index (χ4n) is 4.24. The molecule has 1 fully saturated rings. The summed E-state index contributed by atoms with van der Waals surface area (Å²) in [5.41, 5.74) is 2.86. The zero-order chi connectivity index (χ0) is 22.3.